The summed E-state index contributed by atoms with van der Waals surface area (Å²) in [6, 6.07) is 5.79. The number of carbonyl (C=O) groups is 8. The number of nitrogens with one attached hydrogen (secondary N) is 8. The van der Waals surface area contributed by atoms with Gasteiger partial charge in [-0.15, -0.1) is 45.3 Å². The van der Waals surface area contributed by atoms with Crippen molar-refractivity contribution in [1.82, 2.24) is 80.7 Å². The average Bonchev–Trinajstić information content (AvgIpc) is 1.61. The number of likely N-dealkylation sites (tertiary alicyclic amines) is 3. The molecule has 0 radical (unpaired) electrons. The predicted molar refractivity (Wildman–Crippen MR) is 539 cm³/mol. The molecule has 144 heavy (non-hydrogen) atoms. The van der Waals surface area contributed by atoms with Gasteiger partial charge in [0, 0.05) is 146 Å². The van der Waals surface area contributed by atoms with Crippen LogP contribution in [-0.4, -0.2) is 291 Å². The number of aliphatic hydroxyl groups excluding tert-OH is 2. The number of alkyl halides is 6. The number of nitrogens with zero attached hydrogens (tertiary/aromatic N) is 12. The van der Waals surface area contributed by atoms with E-state index in [1.165, 1.54) is 24.2 Å². The molecule has 8 aromatic rings. The Morgan fingerprint density at radius 1 is 0.438 bits per heavy atom. The lowest BCUT2D eigenvalue weighted by Gasteiger charge is -2.22. The van der Waals surface area contributed by atoms with Crippen molar-refractivity contribution < 1.29 is 92.8 Å². The molecule has 0 spiro atoms. The maximum atomic E-state index is 14.1. The number of halogens is 6. The zero-order chi connectivity index (χ0) is 104. The Kier molecular flexibility index (Phi) is 33.7. The van der Waals surface area contributed by atoms with Crippen LogP contribution in [0.3, 0.4) is 0 Å². The minimum atomic E-state index is -3.09. The number of rotatable bonds is 26. The van der Waals surface area contributed by atoms with E-state index in [1.807, 2.05) is 84.6 Å². The Hall–Kier alpha value is -10.6. The molecule has 45 heteroatoms. The van der Waals surface area contributed by atoms with Crippen molar-refractivity contribution in [3.63, 3.8) is 0 Å². The third-order valence-electron chi connectivity index (χ3n) is 27.8. The van der Waals surface area contributed by atoms with Gasteiger partial charge < -0.3 is 81.8 Å². The van der Waals surface area contributed by atoms with Crippen LogP contribution in [0.25, 0.3) is 41.8 Å². The van der Waals surface area contributed by atoms with E-state index in [2.05, 4.69) is 103 Å². The smallest absolute Gasteiger partial charge is 0.280 e. The molecule has 8 aliphatic heterocycles. The molecule has 10 aliphatic rings. The highest BCUT2D eigenvalue weighted by molar-refractivity contribution is 7.91. The van der Waals surface area contributed by atoms with Gasteiger partial charge in [0.15, 0.2) is 20.0 Å². The van der Waals surface area contributed by atoms with E-state index in [0.717, 1.165) is 121 Å². The summed E-state index contributed by atoms with van der Waals surface area (Å²) in [5.74, 6) is -9.19. The van der Waals surface area contributed by atoms with Gasteiger partial charge in [0.25, 0.3) is 65.0 Å². The number of aromatic nitrogens is 8. The van der Waals surface area contributed by atoms with E-state index >= 15 is 0 Å². The molecule has 780 valence electrons. The van der Waals surface area contributed by atoms with Crippen molar-refractivity contribution >= 4 is 126 Å². The molecule has 10 N–H and O–H groups in total. The molecule has 0 aromatic carbocycles. The summed E-state index contributed by atoms with van der Waals surface area (Å²) in [7, 11) is -3.09. The summed E-state index contributed by atoms with van der Waals surface area (Å²) < 4.78 is 118. The number of aryl methyl sites for hydroxylation is 4. The van der Waals surface area contributed by atoms with Crippen LogP contribution in [0, 0.1) is 33.6 Å². The number of pyridine rings is 4. The molecule has 2 aliphatic carbocycles. The van der Waals surface area contributed by atoms with Crippen LogP contribution in [0.2, 0.25) is 0 Å². The molecule has 2 saturated carbocycles. The lowest BCUT2D eigenvalue weighted by atomic mass is 10.0. The number of aliphatic hydroxyl groups is 2. The molecule has 8 amide bonds. The van der Waals surface area contributed by atoms with Crippen LogP contribution in [-0.2, 0) is 19.3 Å². The Bertz CT molecular complexity index is 6160. The topological polar surface area (TPSA) is 442 Å². The predicted octanol–water partition coefficient (Wildman–Crippen LogP) is 14.8. The summed E-state index contributed by atoms with van der Waals surface area (Å²) >= 11 is 4.32. The molecule has 8 saturated heterocycles. The largest absolute Gasteiger partial charge is 0.391 e. The Balaban J connectivity index is 0.000000144. The summed E-state index contributed by atoms with van der Waals surface area (Å²) in [6.45, 7) is 26.1. The van der Waals surface area contributed by atoms with Gasteiger partial charge in [-0.3, -0.25) is 38.4 Å². The van der Waals surface area contributed by atoms with Gasteiger partial charge in [0.2, 0.25) is 0 Å². The van der Waals surface area contributed by atoms with Crippen LogP contribution in [0.5, 0.6) is 0 Å². The Morgan fingerprint density at radius 2 is 0.785 bits per heavy atom. The number of thiazole rings is 4. The maximum Gasteiger partial charge on any atom is 0.280 e. The van der Waals surface area contributed by atoms with Crippen molar-refractivity contribution in [1.29, 1.82) is 0 Å². The monoisotopic (exact) mass is 2090 g/mol. The van der Waals surface area contributed by atoms with Gasteiger partial charge in [-0.2, -0.15) is 0 Å². The van der Waals surface area contributed by atoms with E-state index in [0.29, 0.717) is 123 Å². The first-order chi connectivity index (χ1) is 68.2. The van der Waals surface area contributed by atoms with Crippen molar-refractivity contribution in [2.45, 2.75) is 315 Å². The fourth-order valence-electron chi connectivity index (χ4n) is 19.6. The fourth-order valence-corrected chi connectivity index (χ4v) is 25.2. The second-order valence-corrected chi connectivity index (χ2v) is 46.7. The van der Waals surface area contributed by atoms with Gasteiger partial charge in [-0.25, -0.2) is 74.6 Å². The minimum absolute atomic E-state index is 0.00646. The highest BCUT2D eigenvalue weighted by Crippen LogP contribution is 2.46. The molecule has 0 unspecified atom stereocenters. The molecule has 9 atom stereocenters. The molecule has 34 nitrogen and oxygen atoms in total. The summed E-state index contributed by atoms with van der Waals surface area (Å²) in [6.07, 6.45) is 15.6. The number of sulfone groups is 1. The van der Waals surface area contributed by atoms with E-state index in [1.54, 1.807) is 45.6 Å². The lowest BCUT2D eigenvalue weighted by molar-refractivity contribution is 0.0115. The van der Waals surface area contributed by atoms with Crippen LogP contribution in [0.15, 0.2) is 49.1 Å². The zero-order valence-electron chi connectivity index (χ0n) is 83.2. The van der Waals surface area contributed by atoms with Crippen molar-refractivity contribution in [2.24, 2.45) is 5.92 Å². The summed E-state index contributed by atoms with van der Waals surface area (Å²) in [4.78, 5) is 149. The van der Waals surface area contributed by atoms with Crippen molar-refractivity contribution in [3.8, 4) is 41.8 Å². The molecule has 18 rings (SSSR count). The minimum Gasteiger partial charge on any atom is -0.391 e. The number of hydrogen-bond acceptors (Lipinski definition) is 30. The van der Waals surface area contributed by atoms with Crippen molar-refractivity contribution in [3.05, 3.63) is 114 Å². The zero-order valence-corrected chi connectivity index (χ0v) is 87.3. The Labute approximate surface area is 849 Å². The maximum absolute atomic E-state index is 14.1. The van der Waals surface area contributed by atoms with Crippen molar-refractivity contribution in [2.75, 3.05) is 78.8 Å². The van der Waals surface area contributed by atoms with E-state index in [4.69, 9.17) is 9.47 Å². The van der Waals surface area contributed by atoms with Gasteiger partial charge in [0.1, 0.15) is 55.9 Å². The van der Waals surface area contributed by atoms with Crippen LogP contribution < -0.4 is 42.5 Å². The van der Waals surface area contributed by atoms with Gasteiger partial charge in [-0.1, -0.05) is 6.92 Å². The third kappa shape index (κ3) is 25.8. The molecule has 10 fully saturated rings. The molecule has 8 aromatic heterocycles. The van der Waals surface area contributed by atoms with E-state index < -0.39 is 138 Å². The second-order valence-electron chi connectivity index (χ2n) is 40.4. The van der Waals surface area contributed by atoms with Crippen LogP contribution >= 0.6 is 45.3 Å². The first-order valence-electron chi connectivity index (χ1n) is 49.5. The highest BCUT2D eigenvalue weighted by Gasteiger charge is 2.51. The van der Waals surface area contributed by atoms with Gasteiger partial charge in [0.05, 0.1) is 88.2 Å². The number of amides is 8. The Morgan fingerprint density at radius 3 is 1.10 bits per heavy atom. The standard InChI is InChI=1S/C26H33N5O4S.C25H33F2N5O3S.C24H31F2N5O4S2.C24H31F2N5O3S/c1-13-9-21(28-14(2)15-3-4-15)27-10-18(13)23-22(26(34)31-16-5-6-17(31)8-7-16)30-25(36-23)24(33)29-19-11-35-12-20(19)32;1-5-15(3)29-19-10-14(2)18(12-28-19)21-20(24(34)32-13-25(26,27)11-16(32)4)31-23(36-21)22(33)30-17-6-8-35-9-7-17;1-13(2)28-18-9-14(3)17(11-27-18)20-19(23(33)31-12-24(25,26)10-15(31)4)30-22(36-20)21(32)29-16-5-7-37(34,35)8-6-16;1-12(2)28-18-8-13(3)15(10-27-18)20-19(23(34)31-11-24(25,26)9-14(31)4)30-22(35-20)21(33)29-16-6-5-7-17(16)32/h9-10,14-17,19-20,32H,3-8,11-12H2,1-2H3,(H,27,28)(H,29,33);10,12,15-17H,5-9,11,13H2,1-4H3,(H,28,29)(H,30,33);9,11,13,15-16H,5-8,10,12H2,1-4H3,(H,27,28)(H,29,32);8,10,12,14,16-17,32H,5-7,9,11H2,1-4H3,(H,27,28)(H,29,33)/t14-,16?,17?,19+,20+;15-,16+;15-;14-,16+,17+/m1100/s1. The molecule has 16 heterocycles. The molecular formula is C99H128F6N20O14S5. The lowest BCUT2D eigenvalue weighted by Crippen LogP contribution is -2.42. The normalized spacial score (nSPS) is 23.4. The number of anilines is 4. The highest BCUT2D eigenvalue weighted by atomic mass is 32.2. The first kappa shape index (κ1) is 108. The summed E-state index contributed by atoms with van der Waals surface area (Å²) in [5, 5.41) is 45.2. The van der Waals surface area contributed by atoms with E-state index in [-0.39, 0.29) is 122 Å². The average molecular weight is 2100 g/mol. The first-order valence-corrected chi connectivity index (χ1v) is 54.6. The number of ether oxygens (including phenoxy) is 2. The van der Waals surface area contributed by atoms with Crippen LogP contribution in [0.4, 0.5) is 49.6 Å². The molecular weight excluding hydrogens is 1970 g/mol. The number of hydrogen-bond donors (Lipinski definition) is 10. The number of fused-ring (bicyclic) bond motifs is 2. The van der Waals surface area contributed by atoms with Crippen LogP contribution in [0.1, 0.15) is 282 Å². The van der Waals surface area contributed by atoms with Gasteiger partial charge in [-0.05, 0) is 232 Å². The quantitative estimate of drug-likeness (QED) is 0.0225. The van der Waals surface area contributed by atoms with Gasteiger partial charge >= 0.3 is 0 Å². The summed E-state index contributed by atoms with van der Waals surface area (Å²) in [5.41, 5.74) is 6.28. The fraction of sp³-hybridized carbons (Fsp3) is 0.596. The van der Waals surface area contributed by atoms with E-state index in [9.17, 15) is 83.3 Å². The number of carbonyl (C=O) groups excluding carboxylic acids is 8. The SMILES string of the molecule is CC[C@@H](C)Nc1cc(C)c(-c2sc(C(=O)NC3CCOCC3)nc2C(=O)N2CC(F)(F)C[C@@H]2C)cn1.Cc1cc(NC(C)C)ncc1-c1sc(C(=O)NC2CCS(=O)(=O)CC2)nc1C(=O)N1CC(F)(F)C[C@@H]1C.Cc1cc(NC(C)C)ncc1-c1sc(C(=O)N[C@@H]2CCC[C@H]2O)nc1C(=O)N1CC(F)(F)C[C@@H]1C.Cc1cc(N[C@H](C)C2CC2)ncc1-c1sc(C(=O)N[C@H]2COC[C@@H]2O)nc1C(=O)N1C2CCC1CC2. The molecule has 2 bridgehead atoms. The third-order valence-corrected chi connectivity index (χ3v) is 33.8. The second kappa shape index (κ2) is 45.0.